The summed E-state index contributed by atoms with van der Waals surface area (Å²) in [6.07, 6.45) is 58.4. The smallest absolute Gasteiger partial charge is 0.305 e. The van der Waals surface area contributed by atoms with E-state index in [9.17, 15) is 19.4 Å². The Hall–Kier alpha value is -1.02. The lowest BCUT2D eigenvalue weighted by Gasteiger charge is -2.27. The molecular formula is C52H102NO7P. The van der Waals surface area contributed by atoms with Gasteiger partial charge in [0.15, 0.2) is 0 Å². The van der Waals surface area contributed by atoms with Gasteiger partial charge in [-0.15, -0.1) is 0 Å². The van der Waals surface area contributed by atoms with Crippen molar-refractivity contribution in [2.24, 2.45) is 0 Å². The summed E-state index contributed by atoms with van der Waals surface area (Å²) < 4.78 is 26.9. The van der Waals surface area contributed by atoms with Gasteiger partial charge in [-0.1, -0.05) is 230 Å². The molecule has 0 amide bonds. The third-order valence-electron chi connectivity index (χ3n) is 11.7. The van der Waals surface area contributed by atoms with Gasteiger partial charge in [0.1, 0.15) is 25.9 Å². The van der Waals surface area contributed by atoms with E-state index >= 15 is 0 Å². The van der Waals surface area contributed by atoms with E-state index in [-0.39, 0.29) is 19.2 Å². The molecule has 0 rings (SSSR count). The number of allylic oxidation sites excluding steroid dienone is 4. The lowest BCUT2D eigenvalue weighted by atomic mass is 10.0. The van der Waals surface area contributed by atoms with E-state index in [0.29, 0.717) is 17.4 Å². The minimum absolute atomic E-state index is 0.00588. The fourth-order valence-electron chi connectivity index (χ4n) is 7.63. The molecule has 1 N–H and O–H groups in total. The molecule has 9 heteroatoms. The lowest BCUT2D eigenvalue weighted by Crippen LogP contribution is -2.37. The summed E-state index contributed by atoms with van der Waals surface area (Å²) in [5.74, 6) is -0.381. The van der Waals surface area contributed by atoms with E-state index in [1.165, 1.54) is 212 Å². The first-order valence-corrected chi connectivity index (χ1v) is 27.6. The molecule has 0 saturated carbocycles. The summed E-state index contributed by atoms with van der Waals surface area (Å²) in [5.41, 5.74) is 0. The van der Waals surface area contributed by atoms with Crippen LogP contribution in [0, 0.1) is 0 Å². The molecule has 0 aromatic carbocycles. The van der Waals surface area contributed by atoms with Crippen molar-refractivity contribution >= 4 is 13.8 Å². The second-order valence-electron chi connectivity index (χ2n) is 19.1. The standard InChI is InChI=1S/C52H102NO7P/c1-5-6-7-8-9-10-11-12-13-14-15-16-17-18-19-20-21-22-23-24-25-26-27-28-29-30-31-32-33-34-35-36-37-38-39-40-41-42-43-44-45-46-52(55)58-49-51(54)50-60-61(56,57)59-48-47-53(2,3)4/h11-12,14-15,51,54H,5-10,13,16-50H2,1-4H3/b12-11-,15-14-. The summed E-state index contributed by atoms with van der Waals surface area (Å²) in [6, 6.07) is 0. The van der Waals surface area contributed by atoms with Crippen molar-refractivity contribution in [2.45, 2.75) is 257 Å². The molecule has 0 aliphatic heterocycles. The van der Waals surface area contributed by atoms with Crippen LogP contribution in [0.2, 0.25) is 0 Å². The topological polar surface area (TPSA) is 105 Å². The maximum Gasteiger partial charge on any atom is 0.305 e. The Bertz CT molecular complexity index is 1030. The highest BCUT2D eigenvalue weighted by molar-refractivity contribution is 7.45. The normalized spacial score (nSPS) is 13.7. The van der Waals surface area contributed by atoms with Gasteiger partial charge in [0.05, 0.1) is 27.7 Å². The predicted molar refractivity (Wildman–Crippen MR) is 259 cm³/mol. The molecule has 0 aliphatic carbocycles. The highest BCUT2D eigenvalue weighted by Gasteiger charge is 2.17. The van der Waals surface area contributed by atoms with E-state index in [4.69, 9.17) is 13.8 Å². The fourth-order valence-corrected chi connectivity index (χ4v) is 8.36. The molecule has 8 nitrogen and oxygen atoms in total. The van der Waals surface area contributed by atoms with Crippen molar-refractivity contribution in [3.8, 4) is 0 Å². The van der Waals surface area contributed by atoms with Crippen molar-refractivity contribution in [2.75, 3.05) is 47.5 Å². The highest BCUT2D eigenvalue weighted by atomic mass is 31.2. The minimum Gasteiger partial charge on any atom is -0.756 e. The zero-order chi connectivity index (χ0) is 44.8. The SMILES string of the molecule is CCCCCCC/C=C\C/C=C\CCCCCCCCCCCCCCCCCCCCCCCCCCCCCCCC(=O)OCC(O)COP(=O)([O-])OCC[N+](C)(C)C. The van der Waals surface area contributed by atoms with Crippen LogP contribution in [0.4, 0.5) is 0 Å². The Morgan fingerprint density at radius 1 is 0.525 bits per heavy atom. The maximum atomic E-state index is 12.0. The van der Waals surface area contributed by atoms with Crippen LogP contribution in [-0.4, -0.2) is 69.2 Å². The van der Waals surface area contributed by atoms with Crippen LogP contribution >= 0.6 is 7.82 Å². The first-order valence-electron chi connectivity index (χ1n) is 26.1. The summed E-state index contributed by atoms with van der Waals surface area (Å²) in [5, 5.41) is 9.91. The molecule has 2 atom stereocenters. The van der Waals surface area contributed by atoms with E-state index in [1.807, 2.05) is 21.1 Å². The summed E-state index contributed by atoms with van der Waals surface area (Å²) in [6.45, 7) is 1.97. The molecule has 2 unspecified atom stereocenters. The summed E-state index contributed by atoms with van der Waals surface area (Å²) in [7, 11) is 1.26. The average molecular weight is 884 g/mol. The number of rotatable bonds is 49. The monoisotopic (exact) mass is 884 g/mol. The Kier molecular flexibility index (Phi) is 44.8. The third-order valence-corrected chi connectivity index (χ3v) is 12.7. The molecule has 0 spiro atoms. The largest absolute Gasteiger partial charge is 0.756 e. The average Bonchev–Trinajstić information content (AvgIpc) is 3.22. The lowest BCUT2D eigenvalue weighted by molar-refractivity contribution is -0.870. The first kappa shape index (κ1) is 60.0. The summed E-state index contributed by atoms with van der Waals surface area (Å²) >= 11 is 0. The van der Waals surface area contributed by atoms with Crippen molar-refractivity contribution in [1.29, 1.82) is 0 Å². The molecule has 0 saturated heterocycles. The maximum absolute atomic E-state index is 12.0. The van der Waals surface area contributed by atoms with Gasteiger partial charge < -0.3 is 28.3 Å². The van der Waals surface area contributed by atoms with E-state index in [2.05, 4.69) is 31.2 Å². The number of aliphatic hydroxyl groups is 1. The highest BCUT2D eigenvalue weighted by Crippen LogP contribution is 2.38. The fraction of sp³-hybridized carbons (Fsp3) is 0.904. The van der Waals surface area contributed by atoms with Crippen molar-refractivity contribution in [3.05, 3.63) is 24.3 Å². The number of esters is 1. The van der Waals surface area contributed by atoms with Gasteiger partial charge in [-0.05, 0) is 38.5 Å². The van der Waals surface area contributed by atoms with Gasteiger partial charge in [-0.3, -0.25) is 9.36 Å². The minimum atomic E-state index is -4.50. The molecule has 0 aliphatic rings. The quantitative estimate of drug-likeness (QED) is 0.0213. The van der Waals surface area contributed by atoms with E-state index in [1.54, 1.807) is 0 Å². The number of hydrogen-bond donors (Lipinski definition) is 1. The van der Waals surface area contributed by atoms with Crippen LogP contribution in [0.1, 0.15) is 251 Å². The molecule has 0 aromatic rings. The number of carbonyl (C=O) groups excluding carboxylic acids is 1. The van der Waals surface area contributed by atoms with Gasteiger partial charge in [0.25, 0.3) is 7.82 Å². The van der Waals surface area contributed by atoms with Gasteiger partial charge in [0.2, 0.25) is 0 Å². The van der Waals surface area contributed by atoms with Gasteiger partial charge in [0, 0.05) is 6.42 Å². The van der Waals surface area contributed by atoms with Gasteiger partial charge in [-0.25, -0.2) is 0 Å². The summed E-state index contributed by atoms with van der Waals surface area (Å²) in [4.78, 5) is 23.8. The molecule has 0 heterocycles. The molecule has 0 radical (unpaired) electrons. The number of ether oxygens (including phenoxy) is 1. The number of hydrogen-bond acceptors (Lipinski definition) is 7. The van der Waals surface area contributed by atoms with Crippen molar-refractivity contribution in [1.82, 2.24) is 0 Å². The van der Waals surface area contributed by atoms with Crippen molar-refractivity contribution < 1.29 is 37.6 Å². The number of likely N-dealkylation sites (N-methyl/N-ethyl adjacent to an activating group) is 1. The number of nitrogens with zero attached hydrogens (tertiary/aromatic N) is 1. The Morgan fingerprint density at radius 2 is 0.869 bits per heavy atom. The number of unbranched alkanes of at least 4 members (excludes halogenated alkanes) is 34. The predicted octanol–water partition coefficient (Wildman–Crippen LogP) is 15.1. The molecular weight excluding hydrogens is 782 g/mol. The molecule has 0 fully saturated rings. The second-order valence-corrected chi connectivity index (χ2v) is 20.5. The van der Waals surface area contributed by atoms with Gasteiger partial charge in [-0.2, -0.15) is 0 Å². The van der Waals surface area contributed by atoms with Gasteiger partial charge >= 0.3 is 5.97 Å². The molecule has 0 aromatic heterocycles. The van der Waals surface area contributed by atoms with Crippen LogP contribution in [0.15, 0.2) is 24.3 Å². The number of phosphoric acid groups is 1. The number of quaternary nitrogens is 1. The van der Waals surface area contributed by atoms with Crippen LogP contribution < -0.4 is 4.89 Å². The van der Waals surface area contributed by atoms with Crippen LogP contribution in [0.5, 0.6) is 0 Å². The van der Waals surface area contributed by atoms with E-state index < -0.39 is 20.5 Å². The van der Waals surface area contributed by atoms with E-state index in [0.717, 1.165) is 25.7 Å². The molecule has 61 heavy (non-hydrogen) atoms. The zero-order valence-electron chi connectivity index (χ0n) is 40.9. The first-order chi connectivity index (χ1) is 29.6. The molecule has 362 valence electrons. The second kappa shape index (κ2) is 45.5. The Morgan fingerprint density at radius 3 is 1.23 bits per heavy atom. The Labute approximate surface area is 379 Å². The molecule has 0 bridgehead atoms. The van der Waals surface area contributed by atoms with Crippen molar-refractivity contribution in [3.63, 3.8) is 0 Å². The third kappa shape index (κ3) is 51.5. The van der Waals surface area contributed by atoms with Crippen LogP contribution in [-0.2, 0) is 23.1 Å². The zero-order valence-corrected chi connectivity index (χ0v) is 41.8. The van der Waals surface area contributed by atoms with Crippen LogP contribution in [0.3, 0.4) is 0 Å². The van der Waals surface area contributed by atoms with Crippen LogP contribution in [0.25, 0.3) is 0 Å². The number of aliphatic hydroxyl groups excluding tert-OH is 1. The number of phosphoric ester groups is 1. The Balaban J connectivity index is 3.28. The number of carbonyl (C=O) groups is 1.